The van der Waals surface area contributed by atoms with Gasteiger partial charge in [0.05, 0.1) is 12.2 Å². The number of nitrogens with zero attached hydrogens (tertiary/aromatic N) is 2. The minimum absolute atomic E-state index is 0.0248. The van der Waals surface area contributed by atoms with Crippen LogP contribution in [0.3, 0.4) is 0 Å². The largest absolute Gasteiger partial charge is 0.462 e. The minimum atomic E-state index is -0.336. The average molecular weight is 367 g/mol. The molecular weight excluding hydrogens is 342 g/mol. The molecule has 0 radical (unpaired) electrons. The van der Waals surface area contributed by atoms with Crippen molar-refractivity contribution < 1.29 is 14.3 Å². The van der Waals surface area contributed by atoms with E-state index in [9.17, 15) is 9.59 Å². The van der Waals surface area contributed by atoms with Crippen LogP contribution in [-0.4, -0.2) is 41.5 Å². The summed E-state index contributed by atoms with van der Waals surface area (Å²) in [6, 6.07) is 10.6. The number of amides is 1. The van der Waals surface area contributed by atoms with E-state index in [0.717, 1.165) is 37.3 Å². The second kappa shape index (κ2) is 8.66. The molecule has 2 aromatic rings. The molecule has 0 atom stereocenters. The van der Waals surface area contributed by atoms with E-state index in [1.165, 1.54) is 0 Å². The van der Waals surface area contributed by atoms with Gasteiger partial charge in [0.2, 0.25) is 0 Å². The van der Waals surface area contributed by atoms with Gasteiger partial charge in [-0.3, -0.25) is 9.78 Å². The standard InChI is InChI=1S/C21H25N3O3/c1-3-27-21(26)16-4-6-17(7-5-16)23-18-8-11-22-19(14-18)20(25)24-12-9-15(2)10-13-24/h4-8,11,14-15H,3,9-10,12-13H2,1-2H3,(H,22,23). The number of piperidine rings is 1. The molecule has 1 aromatic heterocycles. The molecule has 1 saturated heterocycles. The van der Waals surface area contributed by atoms with Gasteiger partial charge in [0.25, 0.3) is 5.91 Å². The molecule has 3 rings (SSSR count). The van der Waals surface area contributed by atoms with Crippen LogP contribution in [0.5, 0.6) is 0 Å². The Labute approximate surface area is 159 Å². The number of likely N-dealkylation sites (tertiary alicyclic amines) is 1. The van der Waals surface area contributed by atoms with Crippen LogP contribution in [0.25, 0.3) is 0 Å². The molecule has 0 unspecified atom stereocenters. The van der Waals surface area contributed by atoms with Crippen molar-refractivity contribution in [2.45, 2.75) is 26.7 Å². The quantitative estimate of drug-likeness (QED) is 0.812. The maximum atomic E-state index is 12.7. The second-order valence-electron chi connectivity index (χ2n) is 6.83. The van der Waals surface area contributed by atoms with E-state index >= 15 is 0 Å². The molecule has 1 amide bonds. The lowest BCUT2D eigenvalue weighted by atomic mass is 9.99. The molecule has 6 heteroatoms. The van der Waals surface area contributed by atoms with Gasteiger partial charge in [0.15, 0.2) is 0 Å². The van der Waals surface area contributed by atoms with Crippen LogP contribution >= 0.6 is 0 Å². The predicted molar refractivity (Wildman–Crippen MR) is 104 cm³/mol. The number of carbonyl (C=O) groups excluding carboxylic acids is 2. The molecule has 1 aliphatic rings. The van der Waals surface area contributed by atoms with Gasteiger partial charge >= 0.3 is 5.97 Å². The Kier molecular flexibility index (Phi) is 6.06. The maximum Gasteiger partial charge on any atom is 0.338 e. The third kappa shape index (κ3) is 4.84. The second-order valence-corrected chi connectivity index (χ2v) is 6.83. The number of hydrogen-bond acceptors (Lipinski definition) is 5. The summed E-state index contributed by atoms with van der Waals surface area (Å²) in [5.74, 6) is 0.312. The van der Waals surface area contributed by atoms with E-state index in [1.54, 1.807) is 43.5 Å². The van der Waals surface area contributed by atoms with Crippen LogP contribution in [0.15, 0.2) is 42.6 Å². The molecule has 2 heterocycles. The molecule has 1 aromatic carbocycles. The third-order valence-corrected chi connectivity index (χ3v) is 4.73. The van der Waals surface area contributed by atoms with E-state index in [1.807, 2.05) is 11.0 Å². The zero-order valence-electron chi connectivity index (χ0n) is 15.8. The number of hydrogen-bond donors (Lipinski definition) is 1. The van der Waals surface area contributed by atoms with Crippen molar-refractivity contribution >= 4 is 23.3 Å². The number of benzene rings is 1. The molecule has 0 spiro atoms. The van der Waals surface area contributed by atoms with Gasteiger partial charge in [-0.1, -0.05) is 6.92 Å². The lowest BCUT2D eigenvalue weighted by Crippen LogP contribution is -2.38. The summed E-state index contributed by atoms with van der Waals surface area (Å²) >= 11 is 0. The van der Waals surface area contributed by atoms with Crippen LogP contribution in [0, 0.1) is 5.92 Å². The minimum Gasteiger partial charge on any atom is -0.462 e. The van der Waals surface area contributed by atoms with Crippen molar-refractivity contribution in [3.63, 3.8) is 0 Å². The molecule has 0 bridgehead atoms. The van der Waals surface area contributed by atoms with Crippen molar-refractivity contribution in [2.24, 2.45) is 5.92 Å². The van der Waals surface area contributed by atoms with E-state index in [0.29, 0.717) is 23.8 Å². The molecule has 1 N–H and O–H groups in total. The van der Waals surface area contributed by atoms with Crippen molar-refractivity contribution in [3.05, 3.63) is 53.9 Å². The molecule has 1 aliphatic heterocycles. The van der Waals surface area contributed by atoms with Gasteiger partial charge in [-0.2, -0.15) is 0 Å². The normalized spacial score (nSPS) is 14.7. The number of nitrogens with one attached hydrogen (secondary N) is 1. The highest BCUT2D eigenvalue weighted by molar-refractivity contribution is 5.93. The van der Waals surface area contributed by atoms with E-state index < -0.39 is 0 Å². The number of rotatable bonds is 5. The topological polar surface area (TPSA) is 71.5 Å². The van der Waals surface area contributed by atoms with Gasteiger partial charge < -0.3 is 15.0 Å². The van der Waals surface area contributed by atoms with Crippen molar-refractivity contribution in [1.82, 2.24) is 9.88 Å². The smallest absolute Gasteiger partial charge is 0.338 e. The van der Waals surface area contributed by atoms with Gasteiger partial charge in [-0.05, 0) is 62.1 Å². The summed E-state index contributed by atoms with van der Waals surface area (Å²) in [5.41, 5.74) is 2.55. The first-order valence-corrected chi connectivity index (χ1v) is 9.36. The molecule has 0 saturated carbocycles. The molecular formula is C21H25N3O3. The van der Waals surface area contributed by atoms with Crippen LogP contribution in [0.4, 0.5) is 11.4 Å². The monoisotopic (exact) mass is 367 g/mol. The van der Waals surface area contributed by atoms with Crippen molar-refractivity contribution in [1.29, 1.82) is 0 Å². The lowest BCUT2D eigenvalue weighted by Gasteiger charge is -2.30. The summed E-state index contributed by atoms with van der Waals surface area (Å²) in [5, 5.41) is 3.24. The SMILES string of the molecule is CCOC(=O)c1ccc(Nc2ccnc(C(=O)N3CCC(C)CC3)c2)cc1. The Morgan fingerprint density at radius 3 is 2.52 bits per heavy atom. The lowest BCUT2D eigenvalue weighted by molar-refractivity contribution is 0.0526. The molecule has 1 fully saturated rings. The molecule has 27 heavy (non-hydrogen) atoms. The van der Waals surface area contributed by atoms with Crippen molar-refractivity contribution in [2.75, 3.05) is 25.0 Å². The van der Waals surface area contributed by atoms with Gasteiger partial charge in [0.1, 0.15) is 5.69 Å². The zero-order chi connectivity index (χ0) is 19.2. The number of anilines is 2. The highest BCUT2D eigenvalue weighted by Crippen LogP contribution is 2.21. The zero-order valence-corrected chi connectivity index (χ0v) is 15.8. The Bertz CT molecular complexity index is 797. The number of pyridine rings is 1. The predicted octanol–water partition coefficient (Wildman–Crippen LogP) is 3.87. The average Bonchev–Trinajstić information content (AvgIpc) is 2.69. The summed E-state index contributed by atoms with van der Waals surface area (Å²) < 4.78 is 4.98. The number of carbonyl (C=O) groups is 2. The highest BCUT2D eigenvalue weighted by atomic mass is 16.5. The Morgan fingerprint density at radius 2 is 1.85 bits per heavy atom. The highest BCUT2D eigenvalue weighted by Gasteiger charge is 2.22. The number of aromatic nitrogens is 1. The van der Waals surface area contributed by atoms with Gasteiger partial charge in [-0.15, -0.1) is 0 Å². The number of esters is 1. The van der Waals surface area contributed by atoms with Crippen LogP contribution < -0.4 is 5.32 Å². The molecule has 6 nitrogen and oxygen atoms in total. The van der Waals surface area contributed by atoms with Crippen LogP contribution in [-0.2, 0) is 4.74 Å². The van der Waals surface area contributed by atoms with Crippen LogP contribution in [0.2, 0.25) is 0 Å². The van der Waals surface area contributed by atoms with Crippen LogP contribution in [0.1, 0.15) is 47.5 Å². The van der Waals surface area contributed by atoms with E-state index in [4.69, 9.17) is 4.74 Å². The van der Waals surface area contributed by atoms with Gasteiger partial charge in [-0.25, -0.2) is 4.79 Å². The summed E-state index contributed by atoms with van der Waals surface area (Å²) in [4.78, 5) is 30.5. The first-order valence-electron chi connectivity index (χ1n) is 9.36. The Morgan fingerprint density at radius 1 is 1.15 bits per heavy atom. The fourth-order valence-electron chi connectivity index (χ4n) is 3.07. The summed E-state index contributed by atoms with van der Waals surface area (Å²) in [6.45, 7) is 5.92. The van der Waals surface area contributed by atoms with E-state index in [-0.39, 0.29) is 11.9 Å². The summed E-state index contributed by atoms with van der Waals surface area (Å²) in [6.07, 6.45) is 3.71. The fraction of sp³-hybridized carbons (Fsp3) is 0.381. The first-order chi connectivity index (χ1) is 13.1. The number of ether oxygens (including phenoxy) is 1. The fourth-order valence-corrected chi connectivity index (χ4v) is 3.07. The van der Waals surface area contributed by atoms with Crippen molar-refractivity contribution in [3.8, 4) is 0 Å². The van der Waals surface area contributed by atoms with E-state index in [2.05, 4.69) is 17.2 Å². The van der Waals surface area contributed by atoms with Gasteiger partial charge in [0, 0.05) is 30.7 Å². The summed E-state index contributed by atoms with van der Waals surface area (Å²) in [7, 11) is 0. The molecule has 142 valence electrons. The maximum absolute atomic E-state index is 12.7. The molecule has 0 aliphatic carbocycles. The third-order valence-electron chi connectivity index (χ3n) is 4.73. The Hall–Kier alpha value is -2.89. The first kappa shape index (κ1) is 18.9. The Balaban J connectivity index is 1.67.